The molecule has 19 heavy (non-hydrogen) atoms. The Hall–Kier alpha value is -1.12. The summed E-state index contributed by atoms with van der Waals surface area (Å²) < 4.78 is 0. The van der Waals surface area contributed by atoms with E-state index in [1.165, 1.54) is 50.9 Å². The van der Waals surface area contributed by atoms with E-state index < -0.39 is 0 Å². The molecule has 1 aromatic rings. The highest BCUT2D eigenvalue weighted by Gasteiger charge is 2.18. The van der Waals surface area contributed by atoms with Gasteiger partial charge in [-0.3, -0.25) is 4.90 Å². The van der Waals surface area contributed by atoms with Crippen LogP contribution < -0.4 is 5.32 Å². The summed E-state index contributed by atoms with van der Waals surface area (Å²) in [5.41, 5.74) is 4.78. The van der Waals surface area contributed by atoms with Gasteiger partial charge in [-0.05, 0) is 36.8 Å². The topological polar surface area (TPSA) is 15.3 Å². The van der Waals surface area contributed by atoms with Gasteiger partial charge < -0.3 is 5.32 Å². The quantitative estimate of drug-likeness (QED) is 0.894. The van der Waals surface area contributed by atoms with Crippen molar-refractivity contribution in [1.82, 2.24) is 10.2 Å². The van der Waals surface area contributed by atoms with Crippen molar-refractivity contribution in [3.63, 3.8) is 0 Å². The Bertz CT molecular complexity index is 430. The number of nitrogens with one attached hydrogen (secondary N) is 1. The fourth-order valence-electron chi connectivity index (χ4n) is 3.27. The molecular weight excluding hydrogens is 232 g/mol. The second-order valence-corrected chi connectivity index (χ2v) is 5.68. The molecule has 0 spiro atoms. The first-order chi connectivity index (χ1) is 9.43. The summed E-state index contributed by atoms with van der Waals surface area (Å²) >= 11 is 0. The largest absolute Gasteiger partial charge is 0.314 e. The van der Waals surface area contributed by atoms with Gasteiger partial charge in [0.2, 0.25) is 0 Å². The van der Waals surface area contributed by atoms with Gasteiger partial charge in [-0.1, -0.05) is 35.9 Å². The average Bonchev–Trinajstić information content (AvgIpc) is 2.50. The predicted molar refractivity (Wildman–Crippen MR) is 81.1 cm³/mol. The van der Waals surface area contributed by atoms with Crippen LogP contribution in [-0.4, -0.2) is 37.6 Å². The Labute approximate surface area is 116 Å². The third kappa shape index (κ3) is 3.26. The molecule has 102 valence electrons. The fourth-order valence-corrected chi connectivity index (χ4v) is 3.27. The number of allylic oxidation sites excluding steroid dienone is 1. The van der Waals surface area contributed by atoms with Crippen molar-refractivity contribution in [3.8, 4) is 0 Å². The van der Waals surface area contributed by atoms with E-state index in [-0.39, 0.29) is 0 Å². The van der Waals surface area contributed by atoms with E-state index in [1.807, 2.05) is 0 Å². The van der Waals surface area contributed by atoms with Crippen LogP contribution in [0.5, 0.6) is 0 Å². The molecule has 1 saturated heterocycles. The Kier molecular flexibility index (Phi) is 4.31. The molecule has 1 aliphatic carbocycles. The summed E-state index contributed by atoms with van der Waals surface area (Å²) in [7, 11) is 0. The first-order valence-electron chi connectivity index (χ1n) is 7.63. The van der Waals surface area contributed by atoms with Crippen LogP contribution in [-0.2, 0) is 0 Å². The average molecular weight is 256 g/mol. The summed E-state index contributed by atoms with van der Waals surface area (Å²) in [6.45, 7) is 5.88. The summed E-state index contributed by atoms with van der Waals surface area (Å²) in [4.78, 5) is 2.61. The van der Waals surface area contributed by atoms with Crippen LogP contribution >= 0.6 is 0 Å². The minimum atomic E-state index is 1.15. The van der Waals surface area contributed by atoms with Gasteiger partial charge in [-0.2, -0.15) is 0 Å². The molecule has 1 N–H and O–H groups in total. The molecule has 0 radical (unpaired) electrons. The highest BCUT2D eigenvalue weighted by molar-refractivity contribution is 5.69. The lowest BCUT2D eigenvalue weighted by Crippen LogP contribution is -2.44. The van der Waals surface area contributed by atoms with Crippen LogP contribution in [0.1, 0.15) is 31.2 Å². The molecule has 0 bridgehead atoms. The molecule has 0 aromatic heterocycles. The van der Waals surface area contributed by atoms with E-state index in [1.54, 1.807) is 11.1 Å². The van der Waals surface area contributed by atoms with Crippen LogP contribution in [0.25, 0.3) is 5.57 Å². The van der Waals surface area contributed by atoms with Crippen molar-refractivity contribution in [2.75, 3.05) is 32.7 Å². The van der Waals surface area contributed by atoms with Gasteiger partial charge >= 0.3 is 0 Å². The zero-order valence-corrected chi connectivity index (χ0v) is 11.7. The van der Waals surface area contributed by atoms with E-state index in [2.05, 4.69) is 40.5 Å². The Morgan fingerprint density at radius 2 is 1.68 bits per heavy atom. The van der Waals surface area contributed by atoms with E-state index in [4.69, 9.17) is 0 Å². The zero-order valence-electron chi connectivity index (χ0n) is 11.7. The lowest BCUT2D eigenvalue weighted by atomic mass is 9.87. The van der Waals surface area contributed by atoms with Crippen molar-refractivity contribution >= 4 is 5.57 Å². The Morgan fingerprint density at radius 1 is 0.947 bits per heavy atom. The summed E-state index contributed by atoms with van der Waals surface area (Å²) in [5, 5.41) is 3.44. The third-order valence-electron chi connectivity index (χ3n) is 4.33. The van der Waals surface area contributed by atoms with Gasteiger partial charge in [-0.15, -0.1) is 0 Å². The van der Waals surface area contributed by atoms with E-state index in [9.17, 15) is 0 Å². The van der Waals surface area contributed by atoms with Crippen LogP contribution in [0.15, 0.2) is 35.9 Å². The molecule has 0 unspecified atom stereocenters. The van der Waals surface area contributed by atoms with E-state index in [0.29, 0.717) is 0 Å². The Balaban J connectivity index is 1.79. The van der Waals surface area contributed by atoms with Crippen molar-refractivity contribution in [1.29, 1.82) is 0 Å². The predicted octanol–water partition coefficient (Wildman–Crippen LogP) is 2.92. The monoisotopic (exact) mass is 256 g/mol. The van der Waals surface area contributed by atoms with E-state index >= 15 is 0 Å². The maximum Gasteiger partial charge on any atom is 0.0200 e. The first kappa shape index (κ1) is 12.9. The van der Waals surface area contributed by atoms with Crippen molar-refractivity contribution in [2.24, 2.45) is 0 Å². The van der Waals surface area contributed by atoms with Crippen LogP contribution in [0.2, 0.25) is 0 Å². The molecule has 0 amide bonds. The normalized spacial score (nSPS) is 21.7. The second kappa shape index (κ2) is 6.36. The van der Waals surface area contributed by atoms with Gasteiger partial charge in [0.05, 0.1) is 0 Å². The fraction of sp³-hybridized carbons (Fsp3) is 0.529. The lowest BCUT2D eigenvalue weighted by Gasteiger charge is -2.31. The van der Waals surface area contributed by atoms with Gasteiger partial charge in [0, 0.05) is 32.7 Å². The maximum absolute atomic E-state index is 3.44. The smallest absolute Gasteiger partial charge is 0.0200 e. The van der Waals surface area contributed by atoms with Gasteiger partial charge in [0.25, 0.3) is 0 Å². The molecule has 2 aliphatic rings. The molecule has 2 heteroatoms. The molecule has 2 nitrogen and oxygen atoms in total. The standard InChI is InChI=1S/C17H24N2/c1-2-6-15(7-3-1)17-9-5-4-8-16(17)14-19-12-10-18-11-13-19/h1-3,6-7,18H,4-5,8-14H2. The molecule has 1 aliphatic heterocycles. The maximum atomic E-state index is 3.44. The number of benzene rings is 1. The molecule has 3 rings (SSSR count). The van der Waals surface area contributed by atoms with Gasteiger partial charge in [0.1, 0.15) is 0 Å². The zero-order chi connectivity index (χ0) is 12.9. The number of rotatable bonds is 3. The molecule has 1 heterocycles. The van der Waals surface area contributed by atoms with Crippen molar-refractivity contribution in [2.45, 2.75) is 25.7 Å². The molecular formula is C17H24N2. The Morgan fingerprint density at radius 3 is 2.47 bits per heavy atom. The minimum absolute atomic E-state index is 1.15. The minimum Gasteiger partial charge on any atom is -0.314 e. The number of hydrogen-bond acceptors (Lipinski definition) is 2. The molecule has 0 saturated carbocycles. The summed E-state index contributed by atoms with van der Waals surface area (Å²) in [6, 6.07) is 11.0. The van der Waals surface area contributed by atoms with Gasteiger partial charge in [-0.25, -0.2) is 0 Å². The highest BCUT2D eigenvalue weighted by atomic mass is 15.2. The SMILES string of the molecule is c1ccc(C2=C(CN3CCNCC3)CCCC2)cc1. The van der Waals surface area contributed by atoms with Crippen molar-refractivity contribution < 1.29 is 0 Å². The van der Waals surface area contributed by atoms with Gasteiger partial charge in [0.15, 0.2) is 0 Å². The number of hydrogen-bond donors (Lipinski definition) is 1. The summed E-state index contributed by atoms with van der Waals surface area (Å²) in [5.74, 6) is 0. The van der Waals surface area contributed by atoms with Crippen molar-refractivity contribution in [3.05, 3.63) is 41.5 Å². The molecule has 1 fully saturated rings. The van der Waals surface area contributed by atoms with Crippen LogP contribution in [0.3, 0.4) is 0 Å². The molecule has 1 aromatic carbocycles. The van der Waals surface area contributed by atoms with Crippen LogP contribution in [0, 0.1) is 0 Å². The number of piperazine rings is 1. The second-order valence-electron chi connectivity index (χ2n) is 5.68. The molecule has 0 atom stereocenters. The van der Waals surface area contributed by atoms with Crippen LogP contribution in [0.4, 0.5) is 0 Å². The third-order valence-corrected chi connectivity index (χ3v) is 4.33. The summed E-state index contributed by atoms with van der Waals surface area (Å²) in [6.07, 6.45) is 5.30. The van der Waals surface area contributed by atoms with E-state index in [0.717, 1.165) is 13.1 Å². The number of nitrogens with zero attached hydrogens (tertiary/aromatic N) is 1. The first-order valence-corrected chi connectivity index (χ1v) is 7.63. The highest BCUT2D eigenvalue weighted by Crippen LogP contribution is 2.32. The lowest BCUT2D eigenvalue weighted by molar-refractivity contribution is 0.257.